The first-order valence-corrected chi connectivity index (χ1v) is 8.76. The maximum absolute atomic E-state index is 13.0. The number of amides is 1. The molecule has 0 fully saturated rings. The van der Waals surface area contributed by atoms with Crippen LogP contribution in [0.1, 0.15) is 12.5 Å². The van der Waals surface area contributed by atoms with E-state index in [-0.39, 0.29) is 16.4 Å². The molecule has 0 saturated carbocycles. The van der Waals surface area contributed by atoms with Gasteiger partial charge in [0, 0.05) is 0 Å². The van der Waals surface area contributed by atoms with Gasteiger partial charge in [-0.2, -0.15) is 13.2 Å². The minimum absolute atomic E-state index is 0.213. The molecule has 2 aromatic carbocycles. The van der Waals surface area contributed by atoms with Crippen LogP contribution in [0.3, 0.4) is 0 Å². The molecule has 2 N–H and O–H groups in total. The summed E-state index contributed by atoms with van der Waals surface area (Å²) in [5.74, 6) is -0.632. The van der Waals surface area contributed by atoms with Gasteiger partial charge in [-0.3, -0.25) is 9.59 Å². The second-order valence-electron chi connectivity index (χ2n) is 5.68. The number of nitrogens with zero attached hydrogens (tertiary/aromatic N) is 1. The minimum Gasteiger partial charge on any atom is -0.325 e. The van der Waals surface area contributed by atoms with E-state index in [1.165, 1.54) is 25.1 Å². The van der Waals surface area contributed by atoms with Crippen molar-refractivity contribution in [2.24, 2.45) is 0 Å². The number of para-hydroxylation sites is 2. The number of hydrogen-bond acceptors (Lipinski definition) is 4. The highest BCUT2D eigenvalue weighted by atomic mass is 32.2. The van der Waals surface area contributed by atoms with Gasteiger partial charge in [-0.15, -0.1) is 0 Å². The number of benzene rings is 2. The third-order valence-electron chi connectivity index (χ3n) is 3.74. The maximum Gasteiger partial charge on any atom is 0.418 e. The SMILES string of the molecule is C[C@@H](Sc1nc2ccccc2c(=O)[nH]1)C(=O)Nc1ccccc1C(F)(F)F. The number of fused-ring (bicyclic) bond motifs is 1. The van der Waals surface area contributed by atoms with Gasteiger partial charge in [0.2, 0.25) is 5.91 Å². The lowest BCUT2D eigenvalue weighted by molar-refractivity contribution is -0.137. The molecule has 1 aromatic heterocycles. The van der Waals surface area contributed by atoms with Gasteiger partial charge in [0.25, 0.3) is 5.56 Å². The molecule has 0 spiro atoms. The summed E-state index contributed by atoms with van der Waals surface area (Å²) in [4.78, 5) is 31.2. The van der Waals surface area contributed by atoms with Crippen molar-refractivity contribution >= 4 is 34.3 Å². The summed E-state index contributed by atoms with van der Waals surface area (Å²) < 4.78 is 39.1. The number of alkyl halides is 3. The molecule has 27 heavy (non-hydrogen) atoms. The van der Waals surface area contributed by atoms with E-state index in [0.717, 1.165) is 17.8 Å². The first-order chi connectivity index (χ1) is 12.8. The van der Waals surface area contributed by atoms with Gasteiger partial charge >= 0.3 is 6.18 Å². The fourth-order valence-corrected chi connectivity index (χ4v) is 3.22. The van der Waals surface area contributed by atoms with Crippen molar-refractivity contribution in [2.75, 3.05) is 5.32 Å². The van der Waals surface area contributed by atoms with Crippen molar-refractivity contribution in [3.05, 3.63) is 64.4 Å². The van der Waals surface area contributed by atoms with Crippen molar-refractivity contribution < 1.29 is 18.0 Å². The van der Waals surface area contributed by atoms with Crippen molar-refractivity contribution in [3.8, 4) is 0 Å². The second kappa shape index (κ2) is 7.43. The van der Waals surface area contributed by atoms with E-state index in [0.29, 0.717) is 10.9 Å². The number of nitrogens with one attached hydrogen (secondary N) is 2. The quantitative estimate of drug-likeness (QED) is 0.518. The van der Waals surface area contributed by atoms with Crippen molar-refractivity contribution in [2.45, 2.75) is 23.5 Å². The lowest BCUT2D eigenvalue weighted by Crippen LogP contribution is -2.25. The average Bonchev–Trinajstić information content (AvgIpc) is 2.61. The predicted molar refractivity (Wildman–Crippen MR) is 97.8 cm³/mol. The summed E-state index contributed by atoms with van der Waals surface area (Å²) in [6, 6.07) is 11.5. The van der Waals surface area contributed by atoms with Crippen LogP contribution in [-0.2, 0) is 11.0 Å². The highest BCUT2D eigenvalue weighted by Crippen LogP contribution is 2.35. The normalized spacial score (nSPS) is 12.7. The van der Waals surface area contributed by atoms with Crippen LogP contribution >= 0.6 is 11.8 Å². The number of carbonyl (C=O) groups is 1. The van der Waals surface area contributed by atoms with Gasteiger partial charge < -0.3 is 10.3 Å². The molecule has 3 aromatic rings. The number of carbonyl (C=O) groups excluding carboxylic acids is 1. The average molecular weight is 393 g/mol. The Morgan fingerprint density at radius 1 is 1.15 bits per heavy atom. The predicted octanol–water partition coefficient (Wildman–Crippen LogP) is 4.06. The molecule has 1 heterocycles. The largest absolute Gasteiger partial charge is 0.418 e. The van der Waals surface area contributed by atoms with E-state index >= 15 is 0 Å². The summed E-state index contributed by atoms with van der Waals surface area (Å²) in [6.07, 6.45) is -4.58. The van der Waals surface area contributed by atoms with Gasteiger partial charge in [0.05, 0.1) is 27.4 Å². The Balaban J connectivity index is 1.79. The third-order valence-corrected chi connectivity index (χ3v) is 4.72. The van der Waals surface area contributed by atoms with Gasteiger partial charge in [0.1, 0.15) is 0 Å². The monoisotopic (exact) mass is 393 g/mol. The van der Waals surface area contributed by atoms with E-state index in [1.54, 1.807) is 24.3 Å². The van der Waals surface area contributed by atoms with E-state index in [4.69, 9.17) is 0 Å². The number of anilines is 1. The molecule has 0 aliphatic carbocycles. The van der Waals surface area contributed by atoms with Crippen molar-refractivity contribution in [1.29, 1.82) is 0 Å². The molecule has 0 bridgehead atoms. The highest BCUT2D eigenvalue weighted by molar-refractivity contribution is 8.00. The summed E-state index contributed by atoms with van der Waals surface area (Å²) in [6.45, 7) is 1.52. The Bertz CT molecular complexity index is 1050. The number of thioether (sulfide) groups is 1. The zero-order valence-electron chi connectivity index (χ0n) is 14.0. The summed E-state index contributed by atoms with van der Waals surface area (Å²) in [5.41, 5.74) is -1.12. The first kappa shape index (κ1) is 19.0. The number of rotatable bonds is 4. The Morgan fingerprint density at radius 3 is 2.56 bits per heavy atom. The smallest absolute Gasteiger partial charge is 0.325 e. The van der Waals surface area contributed by atoms with Gasteiger partial charge in [0.15, 0.2) is 5.16 Å². The van der Waals surface area contributed by atoms with Crippen molar-refractivity contribution in [1.82, 2.24) is 9.97 Å². The Morgan fingerprint density at radius 2 is 1.81 bits per heavy atom. The zero-order chi connectivity index (χ0) is 19.6. The van der Waals surface area contributed by atoms with Gasteiger partial charge in [-0.05, 0) is 31.2 Å². The Kier molecular flexibility index (Phi) is 5.22. The Hall–Kier alpha value is -2.81. The fraction of sp³-hybridized carbons (Fsp3) is 0.167. The van der Waals surface area contributed by atoms with Crippen LogP contribution in [0, 0.1) is 0 Å². The molecule has 0 radical (unpaired) electrons. The molecular weight excluding hydrogens is 379 g/mol. The molecule has 3 rings (SSSR count). The summed E-state index contributed by atoms with van der Waals surface area (Å²) >= 11 is 0.953. The zero-order valence-corrected chi connectivity index (χ0v) is 14.8. The number of halogens is 3. The first-order valence-electron chi connectivity index (χ1n) is 7.88. The van der Waals surface area contributed by atoms with Gasteiger partial charge in [-0.25, -0.2) is 4.98 Å². The second-order valence-corrected chi connectivity index (χ2v) is 7.01. The van der Waals surface area contributed by atoms with Crippen LogP contribution in [0.2, 0.25) is 0 Å². The van der Waals surface area contributed by atoms with Crippen LogP contribution in [0.5, 0.6) is 0 Å². The van der Waals surface area contributed by atoms with Crippen LogP contribution in [0.25, 0.3) is 10.9 Å². The van der Waals surface area contributed by atoms with E-state index in [9.17, 15) is 22.8 Å². The lowest BCUT2D eigenvalue weighted by atomic mass is 10.1. The van der Waals surface area contributed by atoms with E-state index in [1.807, 2.05) is 0 Å². The topological polar surface area (TPSA) is 74.8 Å². The van der Waals surface area contributed by atoms with Crippen molar-refractivity contribution in [3.63, 3.8) is 0 Å². The van der Waals surface area contributed by atoms with Gasteiger partial charge in [-0.1, -0.05) is 36.0 Å². The molecule has 0 aliphatic heterocycles. The maximum atomic E-state index is 13.0. The molecule has 0 aliphatic rings. The van der Waals surface area contributed by atoms with E-state index in [2.05, 4.69) is 15.3 Å². The highest BCUT2D eigenvalue weighted by Gasteiger charge is 2.34. The van der Waals surface area contributed by atoms with Crippen LogP contribution in [0.4, 0.5) is 18.9 Å². The molecule has 5 nitrogen and oxygen atoms in total. The Labute approximate surface area is 156 Å². The molecule has 140 valence electrons. The molecule has 0 saturated heterocycles. The molecule has 0 unspecified atom stereocenters. The molecule has 9 heteroatoms. The minimum atomic E-state index is -4.58. The summed E-state index contributed by atoms with van der Waals surface area (Å²) in [7, 11) is 0. The third kappa shape index (κ3) is 4.30. The van der Waals surface area contributed by atoms with Crippen LogP contribution in [-0.4, -0.2) is 21.1 Å². The molecule has 1 amide bonds. The van der Waals surface area contributed by atoms with Crippen LogP contribution < -0.4 is 10.9 Å². The fourth-order valence-electron chi connectivity index (χ4n) is 2.42. The van der Waals surface area contributed by atoms with E-state index < -0.39 is 22.9 Å². The number of aromatic nitrogens is 2. The lowest BCUT2D eigenvalue weighted by Gasteiger charge is -2.16. The molecule has 1 atom stereocenters. The molecular formula is C18H14F3N3O2S. The number of H-pyrrole nitrogens is 1. The summed E-state index contributed by atoms with van der Waals surface area (Å²) in [5, 5.41) is 2.14. The number of aromatic amines is 1. The number of hydrogen-bond donors (Lipinski definition) is 2. The van der Waals surface area contributed by atoms with Crippen LogP contribution in [0.15, 0.2) is 58.5 Å². The standard InChI is InChI=1S/C18H14F3N3O2S/c1-10(15(25)22-14-9-5-3-7-12(14)18(19,20)21)27-17-23-13-8-4-2-6-11(13)16(26)24-17/h2-10H,1H3,(H,22,25)(H,23,24,26)/t10-/m1/s1.